The number of piperazine rings is 1. The largest absolute Gasteiger partial charge is 0.419 e. The first-order valence-electron chi connectivity index (χ1n) is 14.2. The van der Waals surface area contributed by atoms with Gasteiger partial charge in [0.05, 0.1) is 16.1 Å². The third-order valence-electron chi connectivity index (χ3n) is 7.95. The van der Waals surface area contributed by atoms with Gasteiger partial charge in [-0.2, -0.15) is 17.5 Å². The van der Waals surface area contributed by atoms with E-state index in [1.165, 1.54) is 10.4 Å². The summed E-state index contributed by atoms with van der Waals surface area (Å²) in [7, 11) is -1.69. The second kappa shape index (κ2) is 12.1. The van der Waals surface area contributed by atoms with Crippen LogP contribution in [-0.2, 0) is 21.0 Å². The number of nitrogens with one attached hydrogen (secondary N) is 2. The van der Waals surface area contributed by atoms with Gasteiger partial charge in [-0.1, -0.05) is 0 Å². The number of halogens is 3. The Kier molecular flexibility index (Phi) is 8.76. The van der Waals surface area contributed by atoms with Crippen LogP contribution in [0.25, 0.3) is 0 Å². The molecule has 3 heterocycles. The van der Waals surface area contributed by atoms with Crippen molar-refractivity contribution < 1.29 is 26.4 Å². The lowest BCUT2D eigenvalue weighted by atomic mass is 10.1. The summed E-state index contributed by atoms with van der Waals surface area (Å²) < 4.78 is 69.4. The molecule has 13 heteroatoms. The Morgan fingerprint density at radius 3 is 2.46 bits per heavy atom. The quantitative estimate of drug-likeness (QED) is 0.392. The number of carbonyl (C=O) groups excluding carboxylic acids is 1. The number of alkyl halides is 3. The summed E-state index contributed by atoms with van der Waals surface area (Å²) in [5.74, 6) is 0.504. The maximum atomic E-state index is 13.8. The fourth-order valence-corrected chi connectivity index (χ4v) is 6.81. The van der Waals surface area contributed by atoms with Crippen LogP contribution in [0.15, 0.2) is 35.4 Å². The molecule has 2 aliphatic heterocycles. The predicted molar refractivity (Wildman–Crippen MR) is 151 cm³/mol. The third kappa shape index (κ3) is 7.12. The normalized spacial score (nSPS) is 19.4. The first kappa shape index (κ1) is 29.6. The van der Waals surface area contributed by atoms with E-state index in [9.17, 15) is 26.4 Å². The summed E-state index contributed by atoms with van der Waals surface area (Å²) in [4.78, 5) is 20.1. The van der Waals surface area contributed by atoms with E-state index < -0.39 is 21.8 Å². The molecule has 1 aromatic heterocycles. The predicted octanol–water partition coefficient (Wildman–Crippen LogP) is 4.47. The SMILES string of the molecule is CN1CCN(S(=O)(=O)c2ccc(Nc3cc(NCCCN4CCCCC4=O)c(C(F)(F)F)cn3)c(C3CC3)c2)CC1. The summed E-state index contributed by atoms with van der Waals surface area (Å²) >= 11 is 0. The molecule has 1 aromatic carbocycles. The Bertz CT molecular complexity index is 1360. The fraction of sp³-hybridized carbons (Fsp3) is 0.571. The standard InChI is InChI=1S/C28H37F3N6O3S/c1-35-13-15-37(16-14-35)41(39,40)21-8-9-24(22(17-21)20-6-7-20)34-26-18-25(23(19-33-26)28(29,30)31)32-10-4-12-36-11-3-2-5-27(36)38/h8-9,17-20H,2-7,10-16H2,1H3,(H2,32,33,34). The van der Waals surface area contributed by atoms with Crippen molar-refractivity contribution in [2.75, 3.05) is 63.5 Å². The van der Waals surface area contributed by atoms with Crippen molar-refractivity contribution in [2.45, 2.75) is 55.5 Å². The van der Waals surface area contributed by atoms with Crippen LogP contribution in [0.4, 0.5) is 30.4 Å². The van der Waals surface area contributed by atoms with Gasteiger partial charge >= 0.3 is 6.18 Å². The number of benzene rings is 1. The topological polar surface area (TPSA) is 97.9 Å². The molecule has 0 unspecified atom stereocenters. The van der Waals surface area contributed by atoms with Crippen LogP contribution in [0.2, 0.25) is 0 Å². The van der Waals surface area contributed by atoms with E-state index in [2.05, 4.69) is 20.5 Å². The van der Waals surface area contributed by atoms with Crippen LogP contribution in [0, 0.1) is 0 Å². The molecule has 2 N–H and O–H groups in total. The highest BCUT2D eigenvalue weighted by atomic mass is 32.2. The summed E-state index contributed by atoms with van der Waals surface area (Å²) in [6, 6.07) is 6.25. The Balaban J connectivity index is 1.32. The molecule has 2 aromatic rings. The van der Waals surface area contributed by atoms with Gasteiger partial charge in [-0.05, 0) is 68.8 Å². The van der Waals surface area contributed by atoms with Gasteiger partial charge in [0.25, 0.3) is 0 Å². The van der Waals surface area contributed by atoms with Gasteiger partial charge in [-0.3, -0.25) is 4.79 Å². The molecule has 3 aliphatic rings. The molecular formula is C28H37F3N6O3S. The summed E-state index contributed by atoms with van der Waals surface area (Å²) in [5, 5.41) is 6.03. The molecule has 0 atom stereocenters. The fourth-order valence-electron chi connectivity index (χ4n) is 5.35. The molecule has 2 saturated heterocycles. The lowest BCUT2D eigenvalue weighted by molar-refractivity contribution is -0.137. The zero-order valence-electron chi connectivity index (χ0n) is 23.2. The van der Waals surface area contributed by atoms with Crippen molar-refractivity contribution >= 4 is 33.1 Å². The van der Waals surface area contributed by atoms with Crippen molar-refractivity contribution in [2.24, 2.45) is 0 Å². The van der Waals surface area contributed by atoms with E-state index in [4.69, 9.17) is 0 Å². The van der Waals surface area contributed by atoms with Crippen LogP contribution in [-0.4, -0.2) is 86.3 Å². The Hall–Kier alpha value is -2.90. The average Bonchev–Trinajstić information content (AvgIpc) is 3.77. The molecule has 41 heavy (non-hydrogen) atoms. The molecule has 1 amide bonds. The van der Waals surface area contributed by atoms with Crippen LogP contribution in [0.3, 0.4) is 0 Å². The number of carbonyl (C=O) groups is 1. The highest BCUT2D eigenvalue weighted by Gasteiger charge is 2.35. The molecule has 0 bridgehead atoms. The van der Waals surface area contributed by atoms with Crippen molar-refractivity contribution in [3.63, 3.8) is 0 Å². The number of hydrogen-bond donors (Lipinski definition) is 2. The van der Waals surface area contributed by atoms with Crippen LogP contribution in [0.1, 0.15) is 55.6 Å². The smallest absolute Gasteiger partial charge is 0.384 e. The summed E-state index contributed by atoms with van der Waals surface area (Å²) in [6.07, 6.45) is 0.921. The first-order valence-corrected chi connectivity index (χ1v) is 15.6. The second-order valence-corrected chi connectivity index (χ2v) is 13.0. The molecule has 0 spiro atoms. The van der Waals surface area contributed by atoms with Crippen molar-refractivity contribution in [1.29, 1.82) is 0 Å². The number of nitrogens with zero attached hydrogens (tertiary/aromatic N) is 4. The lowest BCUT2D eigenvalue weighted by Gasteiger charge is -2.31. The number of piperidine rings is 1. The Labute approximate surface area is 239 Å². The van der Waals surface area contributed by atoms with E-state index in [0.29, 0.717) is 57.8 Å². The number of likely N-dealkylation sites (N-methyl/N-ethyl adjacent to an activating group) is 1. The maximum Gasteiger partial charge on any atom is 0.419 e. The zero-order chi connectivity index (χ0) is 29.2. The highest BCUT2D eigenvalue weighted by Crippen LogP contribution is 2.45. The Morgan fingerprint density at radius 1 is 1.02 bits per heavy atom. The highest BCUT2D eigenvalue weighted by molar-refractivity contribution is 7.89. The minimum atomic E-state index is -4.59. The van der Waals surface area contributed by atoms with E-state index in [0.717, 1.165) is 37.4 Å². The van der Waals surface area contributed by atoms with Crippen molar-refractivity contribution in [3.8, 4) is 0 Å². The van der Waals surface area contributed by atoms with Gasteiger partial charge in [-0.25, -0.2) is 13.4 Å². The number of amides is 1. The van der Waals surface area contributed by atoms with Gasteiger partial charge in [0.2, 0.25) is 15.9 Å². The zero-order valence-corrected chi connectivity index (χ0v) is 24.0. The van der Waals surface area contributed by atoms with Crippen LogP contribution >= 0.6 is 0 Å². The Morgan fingerprint density at radius 2 is 1.78 bits per heavy atom. The summed E-state index contributed by atoms with van der Waals surface area (Å²) in [6.45, 7) is 3.64. The van der Waals surface area contributed by atoms with Gasteiger partial charge in [0.1, 0.15) is 5.82 Å². The first-order chi connectivity index (χ1) is 19.5. The van der Waals surface area contributed by atoms with E-state index in [1.807, 2.05) is 7.05 Å². The van der Waals surface area contributed by atoms with E-state index >= 15 is 0 Å². The summed E-state index contributed by atoms with van der Waals surface area (Å²) in [5.41, 5.74) is 0.490. The number of sulfonamides is 1. The number of rotatable bonds is 10. The molecule has 0 radical (unpaired) electrons. The molecule has 3 fully saturated rings. The third-order valence-corrected chi connectivity index (χ3v) is 9.85. The van der Waals surface area contributed by atoms with E-state index in [-0.39, 0.29) is 34.8 Å². The minimum Gasteiger partial charge on any atom is -0.384 e. The molecular weight excluding hydrogens is 557 g/mol. The number of anilines is 3. The van der Waals surface area contributed by atoms with Gasteiger partial charge in [0, 0.05) is 70.2 Å². The van der Waals surface area contributed by atoms with Gasteiger partial charge in [0.15, 0.2) is 0 Å². The van der Waals surface area contributed by atoms with Crippen LogP contribution < -0.4 is 10.6 Å². The maximum absolute atomic E-state index is 13.8. The van der Waals surface area contributed by atoms with E-state index in [1.54, 1.807) is 23.1 Å². The van der Waals surface area contributed by atoms with Crippen molar-refractivity contribution in [1.82, 2.24) is 19.1 Å². The second-order valence-electron chi connectivity index (χ2n) is 11.1. The molecule has 1 saturated carbocycles. The number of pyridine rings is 1. The van der Waals surface area contributed by atoms with Crippen LogP contribution in [0.5, 0.6) is 0 Å². The average molecular weight is 595 g/mol. The minimum absolute atomic E-state index is 0.0939. The van der Waals surface area contributed by atoms with Crippen molar-refractivity contribution in [3.05, 3.63) is 41.6 Å². The molecule has 9 nitrogen and oxygen atoms in total. The number of likely N-dealkylation sites (tertiary alicyclic amines) is 1. The number of hydrogen-bond acceptors (Lipinski definition) is 7. The molecule has 5 rings (SSSR count). The lowest BCUT2D eigenvalue weighted by Crippen LogP contribution is -2.47. The van der Waals surface area contributed by atoms with Gasteiger partial charge in [-0.15, -0.1) is 0 Å². The molecule has 1 aliphatic carbocycles. The monoisotopic (exact) mass is 594 g/mol. The van der Waals surface area contributed by atoms with Gasteiger partial charge < -0.3 is 20.4 Å². The number of aromatic nitrogens is 1. The molecule has 224 valence electrons.